The summed E-state index contributed by atoms with van der Waals surface area (Å²) in [5, 5.41) is 18.3. The van der Waals surface area contributed by atoms with Gasteiger partial charge in [-0.25, -0.2) is 4.98 Å². The van der Waals surface area contributed by atoms with Gasteiger partial charge in [0.15, 0.2) is 0 Å². The van der Waals surface area contributed by atoms with Gasteiger partial charge < -0.3 is 10.6 Å². The molecule has 0 unspecified atom stereocenters. The van der Waals surface area contributed by atoms with Gasteiger partial charge in [0.25, 0.3) is 11.6 Å². The maximum absolute atomic E-state index is 12.1. The number of amides is 1. The van der Waals surface area contributed by atoms with Crippen LogP contribution in [-0.2, 0) is 6.42 Å². The van der Waals surface area contributed by atoms with Crippen molar-refractivity contribution in [1.82, 2.24) is 10.3 Å². The Morgan fingerprint density at radius 2 is 2.29 bits per heavy atom. The molecule has 8 heteroatoms. The summed E-state index contributed by atoms with van der Waals surface area (Å²) in [4.78, 5) is 26.7. The van der Waals surface area contributed by atoms with Crippen LogP contribution in [-0.4, -0.2) is 29.4 Å². The molecule has 0 radical (unpaired) electrons. The largest absolute Gasteiger partial charge is 0.382 e. The fourth-order valence-electron chi connectivity index (χ4n) is 1.90. The number of aromatic nitrogens is 1. The standard InChI is InChI=1S/C13H14N4O3S/c1-14-12-10(3-2-4-11(12)17(19)20)13(18)15-6-5-9-7-21-8-16-9/h2-4,7-8,14H,5-6H2,1H3,(H,15,18). The van der Waals surface area contributed by atoms with Crippen molar-refractivity contribution in [3.8, 4) is 0 Å². The molecule has 0 aliphatic rings. The third kappa shape index (κ3) is 3.54. The number of rotatable bonds is 6. The number of nitrogens with zero attached hydrogens (tertiary/aromatic N) is 2. The van der Waals surface area contributed by atoms with E-state index in [1.807, 2.05) is 5.38 Å². The normalized spacial score (nSPS) is 10.1. The first-order chi connectivity index (χ1) is 10.1. The van der Waals surface area contributed by atoms with Crippen LogP contribution < -0.4 is 10.6 Å². The van der Waals surface area contributed by atoms with Gasteiger partial charge in [0, 0.05) is 31.5 Å². The molecule has 0 spiro atoms. The summed E-state index contributed by atoms with van der Waals surface area (Å²) in [6.45, 7) is 0.425. The van der Waals surface area contributed by atoms with E-state index in [1.165, 1.54) is 23.5 Å². The summed E-state index contributed by atoms with van der Waals surface area (Å²) in [6, 6.07) is 4.41. The van der Waals surface area contributed by atoms with E-state index in [4.69, 9.17) is 0 Å². The predicted molar refractivity (Wildman–Crippen MR) is 80.8 cm³/mol. The predicted octanol–water partition coefficient (Wildman–Crippen LogP) is 2.07. The van der Waals surface area contributed by atoms with Crippen molar-refractivity contribution >= 4 is 28.6 Å². The minimum atomic E-state index is -0.516. The van der Waals surface area contributed by atoms with Gasteiger partial charge in [-0.05, 0) is 6.07 Å². The molecule has 0 saturated heterocycles. The number of benzene rings is 1. The van der Waals surface area contributed by atoms with Gasteiger partial charge in [-0.2, -0.15) is 0 Å². The molecule has 7 nitrogen and oxygen atoms in total. The van der Waals surface area contributed by atoms with Gasteiger partial charge in [-0.15, -0.1) is 11.3 Å². The summed E-state index contributed by atoms with van der Waals surface area (Å²) in [6.07, 6.45) is 0.624. The molecule has 0 aliphatic carbocycles. The van der Waals surface area contributed by atoms with Gasteiger partial charge in [0.1, 0.15) is 5.69 Å². The van der Waals surface area contributed by atoms with Gasteiger partial charge in [-0.1, -0.05) is 6.07 Å². The molecule has 0 bridgehead atoms. The van der Waals surface area contributed by atoms with Gasteiger partial charge in [0.05, 0.1) is 21.7 Å². The van der Waals surface area contributed by atoms with Crippen molar-refractivity contribution in [3.63, 3.8) is 0 Å². The molecule has 0 atom stereocenters. The van der Waals surface area contributed by atoms with Crippen molar-refractivity contribution in [1.29, 1.82) is 0 Å². The molecule has 1 heterocycles. The second kappa shape index (κ2) is 6.80. The van der Waals surface area contributed by atoms with Crippen molar-refractivity contribution < 1.29 is 9.72 Å². The van der Waals surface area contributed by atoms with E-state index in [0.29, 0.717) is 13.0 Å². The van der Waals surface area contributed by atoms with Crippen LogP contribution in [0.1, 0.15) is 16.1 Å². The number of hydrogen-bond donors (Lipinski definition) is 2. The highest BCUT2D eigenvalue weighted by Crippen LogP contribution is 2.27. The zero-order chi connectivity index (χ0) is 15.2. The second-order valence-corrected chi connectivity index (χ2v) is 4.91. The summed E-state index contributed by atoms with van der Waals surface area (Å²) < 4.78 is 0. The number of carbonyl (C=O) groups excluding carboxylic acids is 1. The maximum atomic E-state index is 12.1. The Hall–Kier alpha value is -2.48. The topological polar surface area (TPSA) is 97.2 Å². The summed E-state index contributed by atoms with van der Waals surface area (Å²) in [5.74, 6) is -0.349. The minimum absolute atomic E-state index is 0.121. The number of anilines is 1. The van der Waals surface area contributed by atoms with Crippen LogP contribution in [0, 0.1) is 10.1 Å². The van der Waals surface area contributed by atoms with E-state index in [1.54, 1.807) is 18.6 Å². The van der Waals surface area contributed by atoms with Crippen LogP contribution in [0.25, 0.3) is 0 Å². The summed E-state index contributed by atoms with van der Waals surface area (Å²) in [7, 11) is 1.55. The Bertz CT molecular complexity index is 643. The molecular formula is C13H14N4O3S. The number of thiazole rings is 1. The molecule has 0 aliphatic heterocycles. The molecule has 1 aromatic carbocycles. The molecule has 1 amide bonds. The van der Waals surface area contributed by atoms with Crippen LogP contribution in [0.5, 0.6) is 0 Å². The number of nitro benzene ring substituents is 1. The van der Waals surface area contributed by atoms with Gasteiger partial charge >= 0.3 is 0 Å². The smallest absolute Gasteiger partial charge is 0.293 e. The van der Waals surface area contributed by atoms with Crippen molar-refractivity contribution in [2.75, 3.05) is 18.9 Å². The molecule has 21 heavy (non-hydrogen) atoms. The summed E-state index contributed by atoms with van der Waals surface area (Å²) >= 11 is 1.50. The number of nitrogens with one attached hydrogen (secondary N) is 2. The molecule has 2 N–H and O–H groups in total. The molecule has 110 valence electrons. The zero-order valence-electron chi connectivity index (χ0n) is 11.3. The molecular weight excluding hydrogens is 292 g/mol. The van der Waals surface area contributed by atoms with E-state index in [-0.39, 0.29) is 22.8 Å². The Morgan fingerprint density at radius 1 is 1.48 bits per heavy atom. The maximum Gasteiger partial charge on any atom is 0.293 e. The van der Waals surface area contributed by atoms with Crippen LogP contribution in [0.3, 0.4) is 0 Å². The number of nitro groups is 1. The monoisotopic (exact) mass is 306 g/mol. The van der Waals surface area contributed by atoms with Crippen LogP contribution in [0.15, 0.2) is 29.1 Å². The fraction of sp³-hybridized carbons (Fsp3) is 0.231. The SMILES string of the molecule is CNc1c(C(=O)NCCc2cscn2)cccc1[N+](=O)[O-]. The molecule has 0 saturated carbocycles. The summed E-state index contributed by atoms with van der Waals surface area (Å²) in [5.41, 5.74) is 2.99. The lowest BCUT2D eigenvalue weighted by molar-refractivity contribution is -0.384. The van der Waals surface area contributed by atoms with E-state index < -0.39 is 4.92 Å². The van der Waals surface area contributed by atoms with E-state index in [2.05, 4.69) is 15.6 Å². The Balaban J connectivity index is 2.08. The highest BCUT2D eigenvalue weighted by atomic mass is 32.1. The Labute approximate surface area is 125 Å². The van der Waals surface area contributed by atoms with Crippen molar-refractivity contribution in [2.45, 2.75) is 6.42 Å². The third-order valence-corrected chi connectivity index (χ3v) is 3.52. The number of para-hydroxylation sites is 1. The van der Waals surface area contributed by atoms with E-state index in [0.717, 1.165) is 5.69 Å². The molecule has 2 rings (SSSR count). The zero-order valence-corrected chi connectivity index (χ0v) is 12.1. The fourth-order valence-corrected chi connectivity index (χ4v) is 2.50. The molecule has 1 aromatic heterocycles. The van der Waals surface area contributed by atoms with Crippen LogP contribution >= 0.6 is 11.3 Å². The lowest BCUT2D eigenvalue weighted by Gasteiger charge is -2.09. The van der Waals surface area contributed by atoms with Crippen LogP contribution in [0.2, 0.25) is 0 Å². The third-order valence-electron chi connectivity index (χ3n) is 2.88. The van der Waals surface area contributed by atoms with Crippen molar-refractivity contribution in [3.05, 3.63) is 50.5 Å². The quantitative estimate of drug-likeness (QED) is 0.629. The Kier molecular flexibility index (Phi) is 4.83. The van der Waals surface area contributed by atoms with Crippen molar-refractivity contribution in [2.24, 2.45) is 0 Å². The molecule has 2 aromatic rings. The number of carbonyl (C=O) groups is 1. The van der Waals surface area contributed by atoms with Gasteiger partial charge in [-0.3, -0.25) is 14.9 Å². The number of hydrogen-bond acceptors (Lipinski definition) is 6. The van der Waals surface area contributed by atoms with Crippen LogP contribution in [0.4, 0.5) is 11.4 Å². The average Bonchev–Trinajstić information content (AvgIpc) is 2.99. The first kappa shape index (κ1) is 14.9. The lowest BCUT2D eigenvalue weighted by atomic mass is 10.1. The van der Waals surface area contributed by atoms with E-state index in [9.17, 15) is 14.9 Å². The lowest BCUT2D eigenvalue weighted by Crippen LogP contribution is -2.26. The first-order valence-corrected chi connectivity index (χ1v) is 7.18. The van der Waals surface area contributed by atoms with Gasteiger partial charge in [0.2, 0.25) is 0 Å². The van der Waals surface area contributed by atoms with E-state index >= 15 is 0 Å². The Morgan fingerprint density at radius 3 is 2.90 bits per heavy atom. The second-order valence-electron chi connectivity index (χ2n) is 4.19. The first-order valence-electron chi connectivity index (χ1n) is 6.24. The molecule has 0 fully saturated rings. The highest BCUT2D eigenvalue weighted by molar-refractivity contribution is 7.07. The highest BCUT2D eigenvalue weighted by Gasteiger charge is 2.20. The minimum Gasteiger partial charge on any atom is -0.382 e. The average molecular weight is 306 g/mol.